The normalized spacial score (nSPS) is 19.2. The minimum Gasteiger partial charge on any atom is -0.329 e. The summed E-state index contributed by atoms with van der Waals surface area (Å²) in [4.78, 5) is 0.0993. The van der Waals surface area contributed by atoms with Crippen LogP contribution in [0.1, 0.15) is 19.8 Å². The highest BCUT2D eigenvalue weighted by molar-refractivity contribution is 7.89. The molecule has 4 nitrogen and oxygen atoms in total. The Hall–Kier alpha value is -0.330. The molecule has 106 valence electrons. The molecular formula is C12H16Cl2N2O2S. The highest BCUT2D eigenvalue weighted by Crippen LogP contribution is 2.39. The number of nitrogens with one attached hydrogen (secondary N) is 1. The van der Waals surface area contributed by atoms with Gasteiger partial charge in [0.05, 0.1) is 14.9 Å². The number of hydrogen-bond acceptors (Lipinski definition) is 3. The Labute approximate surface area is 123 Å². The van der Waals surface area contributed by atoms with E-state index in [0.717, 1.165) is 12.8 Å². The summed E-state index contributed by atoms with van der Waals surface area (Å²) >= 11 is 11.6. The molecule has 1 aliphatic rings. The summed E-state index contributed by atoms with van der Waals surface area (Å²) < 4.78 is 27.4. The van der Waals surface area contributed by atoms with E-state index in [1.807, 2.05) is 6.92 Å². The summed E-state index contributed by atoms with van der Waals surface area (Å²) in [6.45, 7) is 2.10. The molecule has 0 aliphatic heterocycles. The zero-order valence-electron chi connectivity index (χ0n) is 10.5. The van der Waals surface area contributed by atoms with Crippen molar-refractivity contribution in [2.45, 2.75) is 30.2 Å². The van der Waals surface area contributed by atoms with Crippen LogP contribution in [-0.4, -0.2) is 20.5 Å². The van der Waals surface area contributed by atoms with Crippen LogP contribution >= 0.6 is 23.2 Å². The van der Waals surface area contributed by atoms with Crippen LogP contribution in [0.15, 0.2) is 23.1 Å². The molecule has 0 heterocycles. The summed E-state index contributed by atoms with van der Waals surface area (Å²) in [7, 11) is -3.65. The number of nitrogens with two attached hydrogens (primary N) is 1. The van der Waals surface area contributed by atoms with Gasteiger partial charge in [0.15, 0.2) is 0 Å². The number of sulfonamides is 1. The van der Waals surface area contributed by atoms with Crippen molar-refractivity contribution in [3.05, 3.63) is 28.2 Å². The first-order valence-corrected chi connectivity index (χ1v) is 8.21. The second-order valence-electron chi connectivity index (χ2n) is 5.08. The van der Waals surface area contributed by atoms with Crippen molar-refractivity contribution in [2.75, 3.05) is 6.54 Å². The van der Waals surface area contributed by atoms with E-state index in [0.29, 0.717) is 10.9 Å². The Morgan fingerprint density at radius 2 is 2.00 bits per heavy atom. The van der Waals surface area contributed by atoms with Crippen LogP contribution in [0, 0.1) is 5.92 Å². The van der Waals surface area contributed by atoms with Gasteiger partial charge in [-0.2, -0.15) is 0 Å². The van der Waals surface area contributed by atoms with Crippen molar-refractivity contribution in [1.82, 2.24) is 4.72 Å². The third-order valence-electron chi connectivity index (χ3n) is 3.47. The van der Waals surface area contributed by atoms with Crippen LogP contribution in [0.25, 0.3) is 0 Å². The molecule has 3 N–H and O–H groups in total. The zero-order chi connectivity index (χ0) is 14.3. The van der Waals surface area contributed by atoms with Crippen LogP contribution in [-0.2, 0) is 10.0 Å². The van der Waals surface area contributed by atoms with E-state index in [4.69, 9.17) is 28.9 Å². The monoisotopic (exact) mass is 322 g/mol. The lowest BCUT2D eigenvalue weighted by Gasteiger charge is -2.29. The molecule has 0 amide bonds. The largest absolute Gasteiger partial charge is 0.329 e. The number of halogens is 2. The van der Waals surface area contributed by atoms with Crippen LogP contribution in [0.5, 0.6) is 0 Å². The predicted octanol–water partition coefficient (Wildman–Crippen LogP) is 2.40. The van der Waals surface area contributed by atoms with Crippen LogP contribution in [0.4, 0.5) is 0 Å². The fourth-order valence-electron chi connectivity index (χ4n) is 2.02. The molecule has 1 aliphatic carbocycles. The fraction of sp³-hybridized carbons (Fsp3) is 0.500. The standard InChI is InChI=1S/C12H16Cl2N2O2S/c1-12(7-15,8-2-3-8)16-19(17,18)9-4-5-10(13)11(14)6-9/h4-6,8,16H,2-3,7,15H2,1H3. The second-order valence-corrected chi connectivity index (χ2v) is 7.57. The molecule has 2 rings (SSSR count). The third kappa shape index (κ3) is 3.23. The molecule has 0 bridgehead atoms. The van der Waals surface area contributed by atoms with Gasteiger partial charge in [0, 0.05) is 12.1 Å². The summed E-state index contributed by atoms with van der Waals surface area (Å²) in [6, 6.07) is 4.24. The minimum absolute atomic E-state index is 0.0993. The number of hydrogen-bond donors (Lipinski definition) is 2. The molecule has 1 fully saturated rings. The van der Waals surface area contributed by atoms with Gasteiger partial charge < -0.3 is 5.73 Å². The molecule has 19 heavy (non-hydrogen) atoms. The van der Waals surface area contributed by atoms with Gasteiger partial charge in [-0.3, -0.25) is 0 Å². The molecule has 0 aromatic heterocycles. The van der Waals surface area contributed by atoms with Gasteiger partial charge in [0.25, 0.3) is 0 Å². The Kier molecular flexibility index (Phi) is 4.14. The predicted molar refractivity (Wildman–Crippen MR) is 77.0 cm³/mol. The molecule has 7 heteroatoms. The Bertz CT molecular complexity index is 587. The molecule has 1 aromatic rings. The molecule has 1 atom stereocenters. The average Bonchev–Trinajstić information content (AvgIpc) is 3.16. The van der Waals surface area contributed by atoms with Gasteiger partial charge in [0.2, 0.25) is 10.0 Å². The lowest BCUT2D eigenvalue weighted by molar-refractivity contribution is 0.374. The first-order chi connectivity index (χ1) is 8.78. The molecule has 1 saturated carbocycles. The Morgan fingerprint density at radius 3 is 2.47 bits per heavy atom. The van der Waals surface area contributed by atoms with Gasteiger partial charge in [-0.1, -0.05) is 23.2 Å². The molecule has 0 spiro atoms. The smallest absolute Gasteiger partial charge is 0.241 e. The molecule has 0 saturated heterocycles. The average molecular weight is 323 g/mol. The lowest BCUT2D eigenvalue weighted by Crippen LogP contribution is -2.52. The minimum atomic E-state index is -3.65. The van der Waals surface area contributed by atoms with E-state index in [1.54, 1.807) is 0 Å². The maximum absolute atomic E-state index is 12.3. The van der Waals surface area contributed by atoms with Gasteiger partial charge in [-0.05, 0) is 43.9 Å². The van der Waals surface area contributed by atoms with Crippen molar-refractivity contribution in [1.29, 1.82) is 0 Å². The summed E-state index contributed by atoms with van der Waals surface area (Å²) in [6.07, 6.45) is 2.00. The first kappa shape index (κ1) is 15.1. The van der Waals surface area contributed by atoms with Crippen LogP contribution in [0.2, 0.25) is 10.0 Å². The van der Waals surface area contributed by atoms with E-state index in [9.17, 15) is 8.42 Å². The summed E-state index contributed by atoms with van der Waals surface area (Å²) in [5, 5.41) is 0.537. The van der Waals surface area contributed by atoms with Crippen LogP contribution in [0.3, 0.4) is 0 Å². The molecule has 1 unspecified atom stereocenters. The maximum atomic E-state index is 12.3. The Balaban J connectivity index is 2.29. The van der Waals surface area contributed by atoms with E-state index in [2.05, 4.69) is 4.72 Å². The van der Waals surface area contributed by atoms with E-state index >= 15 is 0 Å². The second kappa shape index (κ2) is 5.22. The highest BCUT2D eigenvalue weighted by Gasteiger charge is 2.43. The van der Waals surface area contributed by atoms with E-state index in [1.165, 1.54) is 18.2 Å². The van der Waals surface area contributed by atoms with E-state index < -0.39 is 15.6 Å². The van der Waals surface area contributed by atoms with Crippen molar-refractivity contribution in [3.63, 3.8) is 0 Å². The van der Waals surface area contributed by atoms with Crippen molar-refractivity contribution in [3.8, 4) is 0 Å². The number of benzene rings is 1. The van der Waals surface area contributed by atoms with Crippen LogP contribution < -0.4 is 10.5 Å². The maximum Gasteiger partial charge on any atom is 0.241 e. The molecule has 0 radical (unpaired) electrons. The topological polar surface area (TPSA) is 72.2 Å². The summed E-state index contributed by atoms with van der Waals surface area (Å²) in [5.74, 6) is 0.301. The fourth-order valence-corrected chi connectivity index (χ4v) is 3.89. The van der Waals surface area contributed by atoms with Gasteiger partial charge in [-0.15, -0.1) is 0 Å². The van der Waals surface area contributed by atoms with Gasteiger partial charge >= 0.3 is 0 Å². The SMILES string of the molecule is CC(CN)(NS(=O)(=O)c1ccc(Cl)c(Cl)c1)C1CC1. The van der Waals surface area contributed by atoms with Gasteiger partial charge in [-0.25, -0.2) is 13.1 Å². The van der Waals surface area contributed by atoms with Crippen molar-refractivity contribution in [2.24, 2.45) is 11.7 Å². The first-order valence-electron chi connectivity index (χ1n) is 5.97. The van der Waals surface area contributed by atoms with Gasteiger partial charge in [0.1, 0.15) is 0 Å². The van der Waals surface area contributed by atoms with Crippen molar-refractivity contribution >= 4 is 33.2 Å². The Morgan fingerprint density at radius 1 is 1.37 bits per heavy atom. The molecule has 1 aromatic carbocycles. The highest BCUT2D eigenvalue weighted by atomic mass is 35.5. The van der Waals surface area contributed by atoms with E-state index in [-0.39, 0.29) is 16.5 Å². The van der Waals surface area contributed by atoms with Crippen molar-refractivity contribution < 1.29 is 8.42 Å². The zero-order valence-corrected chi connectivity index (χ0v) is 12.8. The molecular weight excluding hydrogens is 307 g/mol. The quantitative estimate of drug-likeness (QED) is 0.874. The third-order valence-corrected chi connectivity index (χ3v) is 5.82. The lowest BCUT2D eigenvalue weighted by atomic mass is 9.98. The summed E-state index contributed by atoms with van der Waals surface area (Å²) in [5.41, 5.74) is 5.11. The number of rotatable bonds is 5.